The van der Waals surface area contributed by atoms with Gasteiger partial charge in [0, 0.05) is 23.4 Å². The molecule has 42 heavy (non-hydrogen) atoms. The van der Waals surface area contributed by atoms with E-state index in [4.69, 9.17) is 9.97 Å². The van der Waals surface area contributed by atoms with E-state index in [1.807, 2.05) is 12.4 Å². The summed E-state index contributed by atoms with van der Waals surface area (Å²) < 4.78 is 0. The van der Waals surface area contributed by atoms with Gasteiger partial charge in [-0.05, 0) is 94.6 Å². The van der Waals surface area contributed by atoms with Crippen molar-refractivity contribution >= 4 is 21.5 Å². The molecule has 6 aromatic rings. The average Bonchev–Trinajstić information content (AvgIpc) is 3.59. The summed E-state index contributed by atoms with van der Waals surface area (Å²) in [6.45, 7) is 3.35. The zero-order valence-electron chi connectivity index (χ0n) is 23.7. The Hall–Kier alpha value is -4.26. The van der Waals surface area contributed by atoms with Crippen molar-refractivity contribution in [1.29, 1.82) is 0 Å². The van der Waals surface area contributed by atoms with E-state index in [2.05, 4.69) is 100 Å². The van der Waals surface area contributed by atoms with Crippen LogP contribution in [0.1, 0.15) is 49.9 Å². The highest BCUT2D eigenvalue weighted by molar-refractivity contribution is 5.94. The fraction of sp³-hybridized carbons (Fsp3) is 0.278. The van der Waals surface area contributed by atoms with E-state index in [1.54, 1.807) is 0 Å². The molecule has 0 spiro atoms. The van der Waals surface area contributed by atoms with Gasteiger partial charge in [0.1, 0.15) is 11.6 Å². The molecule has 5 atom stereocenters. The number of nitrogens with zero attached hydrogens (tertiary/aromatic N) is 2. The van der Waals surface area contributed by atoms with Gasteiger partial charge in [-0.15, -0.1) is 0 Å². The number of benzene rings is 4. The van der Waals surface area contributed by atoms with E-state index in [1.165, 1.54) is 51.1 Å². The summed E-state index contributed by atoms with van der Waals surface area (Å²) in [4.78, 5) is 16.6. The fourth-order valence-electron chi connectivity index (χ4n) is 7.15. The second-order valence-electron chi connectivity index (χ2n) is 12.8. The molecule has 9 rings (SSSR count). The van der Waals surface area contributed by atoms with E-state index < -0.39 is 0 Å². The van der Waals surface area contributed by atoms with Gasteiger partial charge in [0.25, 0.3) is 0 Å². The summed E-state index contributed by atoms with van der Waals surface area (Å²) in [6, 6.07) is 28.3. The molecule has 4 aromatic carbocycles. The molecule has 6 heteroatoms. The Morgan fingerprint density at radius 3 is 2.02 bits per heavy atom. The van der Waals surface area contributed by atoms with Crippen molar-refractivity contribution in [3.63, 3.8) is 0 Å². The largest absolute Gasteiger partial charge is 0.347 e. The molecule has 6 nitrogen and oxygen atoms in total. The smallest absolute Gasteiger partial charge is 0.124 e. The monoisotopic (exact) mass is 550 g/mol. The van der Waals surface area contributed by atoms with Crippen molar-refractivity contribution in [3.05, 3.63) is 96.8 Å². The molecule has 4 heterocycles. The minimum absolute atomic E-state index is 0.327. The molecular weight excluding hydrogens is 516 g/mol. The van der Waals surface area contributed by atoms with Crippen molar-refractivity contribution in [2.75, 3.05) is 6.54 Å². The van der Waals surface area contributed by atoms with Crippen LogP contribution in [0.3, 0.4) is 0 Å². The van der Waals surface area contributed by atoms with Gasteiger partial charge >= 0.3 is 0 Å². The van der Waals surface area contributed by atoms with Crippen LogP contribution in [0.15, 0.2) is 85.2 Å². The van der Waals surface area contributed by atoms with E-state index in [0.29, 0.717) is 18.0 Å². The number of aromatic amines is 2. The number of fused-ring (bicyclic) bond motifs is 3. The number of H-pyrrole nitrogens is 2. The van der Waals surface area contributed by atoms with Crippen LogP contribution in [0.4, 0.5) is 0 Å². The van der Waals surface area contributed by atoms with Gasteiger partial charge in [-0.2, -0.15) is 0 Å². The van der Waals surface area contributed by atoms with Gasteiger partial charge in [0.15, 0.2) is 0 Å². The molecule has 4 N–H and O–H groups in total. The minimum Gasteiger partial charge on any atom is -0.347 e. The molecule has 1 saturated carbocycles. The maximum Gasteiger partial charge on any atom is 0.124 e. The third kappa shape index (κ3) is 4.25. The molecular formula is C36H34N6. The predicted molar refractivity (Wildman–Crippen MR) is 169 cm³/mol. The molecule has 208 valence electrons. The molecule has 0 amide bonds. The molecule has 3 fully saturated rings. The highest BCUT2D eigenvalue weighted by Crippen LogP contribution is 2.45. The van der Waals surface area contributed by atoms with Crippen molar-refractivity contribution < 1.29 is 0 Å². The Kier molecular flexibility index (Phi) is 5.44. The lowest BCUT2D eigenvalue weighted by molar-refractivity contribution is 0.543. The Labute approximate surface area is 245 Å². The van der Waals surface area contributed by atoms with E-state index in [0.717, 1.165) is 53.5 Å². The lowest BCUT2D eigenvalue weighted by Gasteiger charge is -2.10. The van der Waals surface area contributed by atoms with Gasteiger partial charge in [0.2, 0.25) is 0 Å². The topological polar surface area (TPSA) is 81.4 Å². The maximum atomic E-state index is 4.92. The zero-order valence-corrected chi connectivity index (χ0v) is 23.7. The van der Waals surface area contributed by atoms with Crippen molar-refractivity contribution in [1.82, 2.24) is 30.6 Å². The lowest BCUT2D eigenvalue weighted by atomic mass is 9.97. The standard InChI is InChI=1S/C36H34N6/c1-20-10-31(37-17-20)35-38-18-33(41-35)27-8-6-23-11-21(2-4-25(23)13-27)22-3-5-26-14-28(9-7-24(26)12-22)34-19-39-36(42-34)32-16-29-15-30(29)40-32/h2-9,11-14,18-20,29-32,37,40H,10,15-17H2,1H3,(H,38,41)(H,39,42)/t20-,29?,30-,31+,32+/m1/s1. The number of nitrogens with one attached hydrogen (secondary N) is 4. The van der Waals surface area contributed by atoms with Crippen LogP contribution < -0.4 is 10.6 Å². The van der Waals surface area contributed by atoms with E-state index in [9.17, 15) is 0 Å². The molecule has 2 aliphatic heterocycles. The van der Waals surface area contributed by atoms with Crippen LogP contribution in [-0.2, 0) is 0 Å². The molecule has 2 aromatic heterocycles. The first-order chi connectivity index (χ1) is 20.6. The Morgan fingerprint density at radius 2 is 1.36 bits per heavy atom. The number of hydrogen-bond acceptors (Lipinski definition) is 4. The van der Waals surface area contributed by atoms with E-state index in [-0.39, 0.29) is 0 Å². The third-order valence-corrected chi connectivity index (χ3v) is 9.70. The number of rotatable bonds is 5. The van der Waals surface area contributed by atoms with Crippen LogP contribution in [0, 0.1) is 11.8 Å². The zero-order chi connectivity index (χ0) is 27.8. The normalized spacial score (nSPS) is 24.9. The first kappa shape index (κ1) is 24.3. The summed E-state index contributed by atoms with van der Waals surface area (Å²) in [5.41, 5.74) is 6.87. The number of imidazole rings is 2. The van der Waals surface area contributed by atoms with Gasteiger partial charge in [-0.3, -0.25) is 0 Å². The molecule has 0 bridgehead atoms. The second-order valence-corrected chi connectivity index (χ2v) is 12.8. The predicted octanol–water partition coefficient (Wildman–Crippen LogP) is 7.53. The summed E-state index contributed by atoms with van der Waals surface area (Å²) in [5, 5.41) is 12.2. The summed E-state index contributed by atoms with van der Waals surface area (Å²) in [7, 11) is 0. The van der Waals surface area contributed by atoms with Gasteiger partial charge < -0.3 is 20.6 Å². The van der Waals surface area contributed by atoms with Crippen molar-refractivity contribution in [2.24, 2.45) is 11.8 Å². The first-order valence-corrected chi connectivity index (χ1v) is 15.3. The molecule has 1 aliphatic carbocycles. The third-order valence-electron chi connectivity index (χ3n) is 9.70. The molecule has 1 unspecified atom stereocenters. The SMILES string of the molecule is C[C@H]1CN[C@H](c2nc(-c3ccc4cc(-c5ccc6cc(-c7cnc([C@@H]8CC9C[C@H]9N8)[nH]7)ccc6c5)ccc4c3)c[nH]2)C1. The average molecular weight is 551 g/mol. The number of hydrogen-bond donors (Lipinski definition) is 4. The van der Waals surface area contributed by atoms with Gasteiger partial charge in [0.05, 0.1) is 29.7 Å². The van der Waals surface area contributed by atoms with Crippen LogP contribution in [0.25, 0.3) is 55.2 Å². The number of piperidine rings is 1. The minimum atomic E-state index is 0.327. The summed E-state index contributed by atoms with van der Waals surface area (Å²) in [5.74, 6) is 3.66. The fourth-order valence-corrected chi connectivity index (χ4v) is 7.15. The molecule has 2 saturated heterocycles. The van der Waals surface area contributed by atoms with Crippen LogP contribution in [-0.4, -0.2) is 32.5 Å². The Bertz CT molecular complexity index is 1830. The maximum absolute atomic E-state index is 4.92. The quantitative estimate of drug-likeness (QED) is 0.179. The van der Waals surface area contributed by atoms with Gasteiger partial charge in [-0.25, -0.2) is 9.97 Å². The second kappa shape index (κ2) is 9.38. The van der Waals surface area contributed by atoms with Crippen LogP contribution >= 0.6 is 0 Å². The Morgan fingerprint density at radius 1 is 0.690 bits per heavy atom. The molecule has 3 aliphatic rings. The van der Waals surface area contributed by atoms with Crippen molar-refractivity contribution in [2.45, 2.75) is 44.3 Å². The Balaban J connectivity index is 0.959. The number of aromatic nitrogens is 4. The first-order valence-electron chi connectivity index (χ1n) is 15.3. The van der Waals surface area contributed by atoms with E-state index >= 15 is 0 Å². The van der Waals surface area contributed by atoms with Crippen LogP contribution in [0.2, 0.25) is 0 Å². The summed E-state index contributed by atoms with van der Waals surface area (Å²) in [6.07, 6.45) is 7.69. The van der Waals surface area contributed by atoms with Crippen LogP contribution in [0.5, 0.6) is 0 Å². The summed E-state index contributed by atoms with van der Waals surface area (Å²) >= 11 is 0. The van der Waals surface area contributed by atoms with Gasteiger partial charge in [-0.1, -0.05) is 55.5 Å². The highest BCUT2D eigenvalue weighted by Gasteiger charge is 2.46. The van der Waals surface area contributed by atoms with Crippen molar-refractivity contribution in [3.8, 4) is 33.6 Å². The lowest BCUT2D eigenvalue weighted by Crippen LogP contribution is -2.18. The molecule has 0 radical (unpaired) electrons. The highest BCUT2D eigenvalue weighted by atomic mass is 15.1.